The largest absolute Gasteiger partial charge is 0.381 e. The molecule has 2 rings (SSSR count). The maximum Gasteiger partial charge on any atom is 0.261 e. The van der Waals surface area contributed by atoms with Crippen molar-refractivity contribution in [2.75, 3.05) is 32.6 Å². The lowest BCUT2D eigenvalue weighted by Gasteiger charge is -2.32. The Morgan fingerprint density at radius 3 is 2.68 bits per heavy atom. The Morgan fingerprint density at radius 1 is 1.45 bits per heavy atom. The van der Waals surface area contributed by atoms with Crippen LogP contribution in [0.4, 0.5) is 0 Å². The maximum absolute atomic E-state index is 12.0. The van der Waals surface area contributed by atoms with E-state index in [-0.39, 0.29) is 11.9 Å². The van der Waals surface area contributed by atoms with Crippen molar-refractivity contribution in [1.29, 1.82) is 0 Å². The first-order valence-electron chi connectivity index (χ1n) is 7.26. The quantitative estimate of drug-likeness (QED) is 0.840. The standard InChI is InChI=1S/C14H22N2O4S2/c1-11-5-10-21-13(11)14(17)15-6-7-16(22(2,18)19)12-3-8-20-9-4-12/h5,10,12H,3-4,6-9H2,1-2H3,(H,15,17). The van der Waals surface area contributed by atoms with Gasteiger partial charge in [0.1, 0.15) is 0 Å². The molecule has 0 radical (unpaired) electrons. The molecular weight excluding hydrogens is 324 g/mol. The molecule has 1 aromatic rings. The van der Waals surface area contributed by atoms with Crippen molar-refractivity contribution in [3.63, 3.8) is 0 Å². The smallest absolute Gasteiger partial charge is 0.261 e. The Kier molecular flexibility index (Phi) is 5.96. The van der Waals surface area contributed by atoms with Crippen LogP contribution < -0.4 is 5.32 Å². The van der Waals surface area contributed by atoms with Gasteiger partial charge in [-0.25, -0.2) is 8.42 Å². The van der Waals surface area contributed by atoms with Crippen molar-refractivity contribution in [1.82, 2.24) is 9.62 Å². The van der Waals surface area contributed by atoms with E-state index in [1.54, 1.807) is 0 Å². The van der Waals surface area contributed by atoms with Gasteiger partial charge in [-0.3, -0.25) is 4.79 Å². The van der Waals surface area contributed by atoms with Crippen molar-refractivity contribution in [3.8, 4) is 0 Å². The summed E-state index contributed by atoms with van der Waals surface area (Å²) in [5.74, 6) is -0.145. The summed E-state index contributed by atoms with van der Waals surface area (Å²) >= 11 is 1.39. The second-order valence-corrected chi connectivity index (χ2v) is 8.26. The van der Waals surface area contributed by atoms with E-state index >= 15 is 0 Å². The monoisotopic (exact) mass is 346 g/mol. The molecule has 1 amide bonds. The minimum absolute atomic E-state index is 0.0378. The number of aryl methyl sites for hydroxylation is 1. The highest BCUT2D eigenvalue weighted by atomic mass is 32.2. The molecule has 0 aliphatic carbocycles. The Morgan fingerprint density at radius 2 is 2.14 bits per heavy atom. The summed E-state index contributed by atoms with van der Waals surface area (Å²) in [6.07, 6.45) is 2.61. The van der Waals surface area contributed by atoms with Gasteiger partial charge in [0.25, 0.3) is 5.91 Å². The molecule has 0 saturated carbocycles. The van der Waals surface area contributed by atoms with Crippen molar-refractivity contribution in [3.05, 3.63) is 21.9 Å². The number of nitrogens with one attached hydrogen (secondary N) is 1. The second kappa shape index (κ2) is 7.54. The van der Waals surface area contributed by atoms with Crippen LogP contribution in [0.1, 0.15) is 28.1 Å². The highest BCUT2D eigenvalue weighted by Gasteiger charge is 2.28. The predicted octanol–water partition coefficient (Wildman–Crippen LogP) is 1.23. The number of hydrogen-bond donors (Lipinski definition) is 1. The fourth-order valence-corrected chi connectivity index (χ4v) is 4.57. The maximum atomic E-state index is 12.0. The first kappa shape index (κ1) is 17.4. The van der Waals surface area contributed by atoms with Crippen LogP contribution in [0.15, 0.2) is 11.4 Å². The van der Waals surface area contributed by atoms with Crippen molar-refractivity contribution in [2.24, 2.45) is 0 Å². The highest BCUT2D eigenvalue weighted by Crippen LogP contribution is 2.17. The third kappa shape index (κ3) is 4.52. The van der Waals surface area contributed by atoms with Gasteiger partial charge in [-0.1, -0.05) is 0 Å². The molecular formula is C14H22N2O4S2. The third-order valence-electron chi connectivity index (χ3n) is 3.71. The summed E-state index contributed by atoms with van der Waals surface area (Å²) < 4.78 is 30.7. The van der Waals surface area contributed by atoms with E-state index in [2.05, 4.69) is 5.32 Å². The molecule has 0 unspecified atom stereocenters. The van der Waals surface area contributed by atoms with Crippen LogP contribution >= 0.6 is 11.3 Å². The SMILES string of the molecule is Cc1ccsc1C(=O)NCCN(C1CCOCC1)S(C)(=O)=O. The van der Waals surface area contributed by atoms with Gasteiger partial charge in [0, 0.05) is 32.3 Å². The lowest BCUT2D eigenvalue weighted by atomic mass is 10.1. The first-order valence-corrected chi connectivity index (χ1v) is 9.99. The Hall–Kier alpha value is -0.960. The van der Waals surface area contributed by atoms with E-state index in [1.807, 2.05) is 18.4 Å². The van der Waals surface area contributed by atoms with Crippen LogP contribution in [0.2, 0.25) is 0 Å². The predicted molar refractivity (Wildman–Crippen MR) is 86.8 cm³/mol. The molecule has 2 heterocycles. The summed E-state index contributed by atoms with van der Waals surface area (Å²) in [6, 6.07) is 1.86. The molecule has 0 bridgehead atoms. The van der Waals surface area contributed by atoms with Gasteiger partial charge in [0.05, 0.1) is 11.1 Å². The number of nitrogens with zero attached hydrogens (tertiary/aromatic N) is 1. The van der Waals surface area contributed by atoms with Crippen LogP contribution in [0, 0.1) is 6.92 Å². The molecule has 1 aromatic heterocycles. The molecule has 1 saturated heterocycles. The summed E-state index contributed by atoms with van der Waals surface area (Å²) in [7, 11) is -3.30. The number of carbonyl (C=O) groups excluding carboxylic acids is 1. The topological polar surface area (TPSA) is 75.7 Å². The normalized spacial score (nSPS) is 16.9. The van der Waals surface area contributed by atoms with Crippen LogP contribution in [-0.4, -0.2) is 57.2 Å². The Balaban J connectivity index is 1.91. The third-order valence-corrected chi connectivity index (χ3v) is 6.06. The zero-order valence-electron chi connectivity index (χ0n) is 12.9. The van der Waals surface area contributed by atoms with Gasteiger partial charge >= 0.3 is 0 Å². The lowest BCUT2D eigenvalue weighted by molar-refractivity contribution is 0.0585. The number of amides is 1. The Bertz CT molecular complexity index is 606. The van der Waals surface area contributed by atoms with Crippen LogP contribution in [-0.2, 0) is 14.8 Å². The summed E-state index contributed by atoms with van der Waals surface area (Å²) in [4.78, 5) is 12.7. The minimum atomic E-state index is -3.30. The van der Waals surface area contributed by atoms with Crippen molar-refractivity contribution < 1.29 is 17.9 Å². The molecule has 6 nitrogen and oxygen atoms in total. The van der Waals surface area contributed by atoms with E-state index in [1.165, 1.54) is 21.9 Å². The number of carbonyl (C=O) groups is 1. The lowest BCUT2D eigenvalue weighted by Crippen LogP contribution is -2.46. The zero-order valence-corrected chi connectivity index (χ0v) is 14.5. The summed E-state index contributed by atoms with van der Waals surface area (Å²) in [5, 5.41) is 4.67. The number of rotatable bonds is 6. The average molecular weight is 346 g/mol. The van der Waals surface area contributed by atoms with E-state index in [0.29, 0.717) is 44.0 Å². The van der Waals surface area contributed by atoms with Gasteiger partial charge in [-0.2, -0.15) is 4.31 Å². The Labute approximate surface area is 135 Å². The van der Waals surface area contributed by atoms with Gasteiger partial charge < -0.3 is 10.1 Å². The van der Waals surface area contributed by atoms with Gasteiger partial charge in [-0.05, 0) is 36.8 Å². The van der Waals surface area contributed by atoms with Crippen LogP contribution in [0.3, 0.4) is 0 Å². The van der Waals surface area contributed by atoms with E-state index in [9.17, 15) is 13.2 Å². The first-order chi connectivity index (χ1) is 10.4. The fourth-order valence-electron chi connectivity index (χ4n) is 2.56. The van der Waals surface area contributed by atoms with Gasteiger partial charge in [-0.15, -0.1) is 11.3 Å². The fraction of sp³-hybridized carbons (Fsp3) is 0.643. The number of thiophene rings is 1. The summed E-state index contributed by atoms with van der Waals surface area (Å²) in [6.45, 7) is 3.64. The van der Waals surface area contributed by atoms with E-state index in [4.69, 9.17) is 4.74 Å². The molecule has 0 atom stereocenters. The van der Waals surface area contributed by atoms with Crippen LogP contribution in [0.5, 0.6) is 0 Å². The van der Waals surface area contributed by atoms with Crippen LogP contribution in [0.25, 0.3) is 0 Å². The molecule has 0 spiro atoms. The average Bonchev–Trinajstić information content (AvgIpc) is 2.89. The molecule has 1 aliphatic heterocycles. The van der Waals surface area contributed by atoms with Crippen molar-refractivity contribution >= 4 is 27.3 Å². The zero-order chi connectivity index (χ0) is 16.2. The second-order valence-electron chi connectivity index (χ2n) is 5.41. The van der Waals surface area contributed by atoms with E-state index < -0.39 is 10.0 Å². The molecule has 0 aromatic carbocycles. The highest BCUT2D eigenvalue weighted by molar-refractivity contribution is 7.88. The molecule has 1 N–H and O–H groups in total. The number of ether oxygens (including phenoxy) is 1. The molecule has 124 valence electrons. The van der Waals surface area contributed by atoms with E-state index in [0.717, 1.165) is 5.56 Å². The number of hydrogen-bond acceptors (Lipinski definition) is 5. The van der Waals surface area contributed by atoms with Crippen molar-refractivity contribution in [2.45, 2.75) is 25.8 Å². The molecule has 8 heteroatoms. The number of sulfonamides is 1. The molecule has 1 fully saturated rings. The minimum Gasteiger partial charge on any atom is -0.381 e. The van der Waals surface area contributed by atoms with Gasteiger partial charge in [0.2, 0.25) is 10.0 Å². The molecule has 1 aliphatic rings. The molecule has 22 heavy (non-hydrogen) atoms. The van der Waals surface area contributed by atoms with Gasteiger partial charge in [0.15, 0.2) is 0 Å². The summed E-state index contributed by atoms with van der Waals surface area (Å²) in [5.41, 5.74) is 0.937.